The molecule has 3 saturated heterocycles. The summed E-state index contributed by atoms with van der Waals surface area (Å²) in [6.07, 6.45) is 5.70. The Bertz CT molecular complexity index is 2570. The Morgan fingerprint density at radius 2 is 1.37 bits per heavy atom. The van der Waals surface area contributed by atoms with E-state index < -0.39 is 48.4 Å². The van der Waals surface area contributed by atoms with Crippen LogP contribution < -0.4 is 29.6 Å². The summed E-state index contributed by atoms with van der Waals surface area (Å²) in [5.74, 6) is 0.602. The van der Waals surface area contributed by atoms with Crippen molar-refractivity contribution in [2.75, 3.05) is 97.0 Å². The van der Waals surface area contributed by atoms with Gasteiger partial charge in [0, 0.05) is 37.2 Å². The second-order valence-electron chi connectivity index (χ2n) is 16.9. The van der Waals surface area contributed by atoms with Crippen molar-refractivity contribution in [2.45, 2.75) is 55.4 Å². The monoisotopic (exact) mass is 1070 g/mol. The van der Waals surface area contributed by atoms with Crippen LogP contribution in [0, 0.1) is 0 Å². The number of amides is 5. The Morgan fingerprint density at radius 3 is 1.99 bits per heavy atom. The van der Waals surface area contributed by atoms with Gasteiger partial charge in [-0.05, 0) is 67.2 Å². The Balaban J connectivity index is 1.11. The van der Waals surface area contributed by atoms with Gasteiger partial charge in [0.15, 0.2) is 29.2 Å². The van der Waals surface area contributed by atoms with Crippen molar-refractivity contribution in [3.05, 3.63) is 109 Å². The van der Waals surface area contributed by atoms with Gasteiger partial charge in [0.25, 0.3) is 11.8 Å². The van der Waals surface area contributed by atoms with Crippen LogP contribution in [0.3, 0.4) is 0 Å². The van der Waals surface area contributed by atoms with E-state index in [4.69, 9.17) is 42.7 Å². The summed E-state index contributed by atoms with van der Waals surface area (Å²) in [7, 11) is 7.25. The quantitative estimate of drug-likeness (QED) is 0.0191. The van der Waals surface area contributed by atoms with Crippen molar-refractivity contribution in [1.82, 2.24) is 19.7 Å². The number of rotatable bonds is 26. The van der Waals surface area contributed by atoms with E-state index in [2.05, 4.69) is 47.1 Å². The maximum Gasteiger partial charge on any atom is 0.412 e. The van der Waals surface area contributed by atoms with Crippen LogP contribution in [0.15, 0.2) is 108 Å². The van der Waals surface area contributed by atoms with Crippen LogP contribution >= 0.6 is 21.6 Å². The SMILES string of the molecule is C=CCOC(=O)Nc1cc(OCCCCCOc2cc(NC(=O)OCCSSc3ccccn3)c(C(=O)N3CC(=C)C[C@H]3/C=N/OC)cc2OC)c(OC)cc1C(=O)N1CC(=C)C[C@H]1C1OCCN1C(=O)OCC=C. The highest BCUT2D eigenvalue weighted by Crippen LogP contribution is 2.39. The lowest BCUT2D eigenvalue weighted by molar-refractivity contribution is -0.0194. The summed E-state index contributed by atoms with van der Waals surface area (Å²) >= 11 is 0. The number of methoxy groups -OCH3 is 2. The van der Waals surface area contributed by atoms with Crippen LogP contribution in [0.5, 0.6) is 23.0 Å². The first kappa shape index (κ1) is 56.9. The van der Waals surface area contributed by atoms with Gasteiger partial charge in [0.2, 0.25) is 0 Å². The number of hydrogen-bond donors (Lipinski definition) is 2. The molecule has 1 aromatic heterocycles. The van der Waals surface area contributed by atoms with Gasteiger partial charge in [-0.3, -0.25) is 25.1 Å². The molecule has 0 spiro atoms. The fraction of sp³-hybridized carbons (Fsp3) is 0.404. The maximum atomic E-state index is 14.5. The van der Waals surface area contributed by atoms with E-state index >= 15 is 0 Å². The van der Waals surface area contributed by atoms with Gasteiger partial charge in [-0.25, -0.2) is 19.4 Å². The summed E-state index contributed by atoms with van der Waals surface area (Å²) in [6, 6.07) is 10.6. The number of likely N-dealkylation sites (tertiary alicyclic amines) is 2. The number of nitrogens with zero attached hydrogens (tertiary/aromatic N) is 5. The summed E-state index contributed by atoms with van der Waals surface area (Å²) < 4.78 is 45.7. The minimum atomic E-state index is -0.834. The fourth-order valence-electron chi connectivity index (χ4n) is 8.21. The number of benzene rings is 2. The Labute approximate surface area is 443 Å². The van der Waals surface area contributed by atoms with Gasteiger partial charge in [-0.2, -0.15) is 0 Å². The first-order valence-electron chi connectivity index (χ1n) is 24.0. The molecule has 1 unspecified atom stereocenters. The number of ether oxygens (including phenoxy) is 8. The Kier molecular flexibility index (Phi) is 21.9. The number of pyridine rings is 1. The molecule has 2 N–H and O–H groups in total. The molecule has 0 saturated carbocycles. The summed E-state index contributed by atoms with van der Waals surface area (Å²) in [5.41, 5.74) is 2.02. The van der Waals surface area contributed by atoms with Crippen molar-refractivity contribution in [3.8, 4) is 23.0 Å². The van der Waals surface area contributed by atoms with Gasteiger partial charge >= 0.3 is 18.3 Å². The molecule has 3 aliphatic rings. The van der Waals surface area contributed by atoms with E-state index in [0.29, 0.717) is 37.9 Å². The molecule has 21 nitrogen and oxygen atoms in total. The molecule has 3 aromatic rings. The number of aromatic nitrogens is 1. The highest BCUT2D eigenvalue weighted by Gasteiger charge is 2.45. The molecule has 0 bridgehead atoms. The minimum absolute atomic E-state index is 0.0125. The Morgan fingerprint density at radius 1 is 0.760 bits per heavy atom. The standard InChI is InChI=1S/C52H63N7O14S2/c1-8-18-71-50(62)55-40-30-45(43(66-6)28-38(40)48(61)59-33-35(4)26-41(59)49-57(17-22-70-49)52(64)73-19-9-2)69-21-14-10-13-20-68-44-29-39(56-51(63)72-23-24-74-75-46-15-11-12-16-53-46)37(27-42(44)65-5)47(60)58-32-34(3)25-36(58)31-54-67-7/h8-9,11-12,15-16,27-31,36,41,49H,1-4,10,13-14,17-26,32-33H2,5-7H3,(H,55,62)(H,56,63)/b54-31+/t36-,41-,49?/m0/s1. The third-order valence-corrected chi connectivity index (χ3v) is 13.8. The number of carbonyl (C=O) groups is 5. The van der Waals surface area contributed by atoms with Crippen molar-refractivity contribution in [1.29, 1.82) is 0 Å². The zero-order valence-corrected chi connectivity index (χ0v) is 43.9. The number of hydrogen-bond acceptors (Lipinski definition) is 18. The number of anilines is 2. The molecular weight excluding hydrogens is 1010 g/mol. The van der Waals surface area contributed by atoms with Crippen LogP contribution in [0.25, 0.3) is 0 Å². The fourth-order valence-corrected chi connectivity index (χ4v) is 9.92. The van der Waals surface area contributed by atoms with E-state index in [1.165, 1.54) is 90.4 Å². The molecule has 0 radical (unpaired) electrons. The first-order valence-corrected chi connectivity index (χ1v) is 26.3. The average Bonchev–Trinajstić information content (AvgIpc) is 4.17. The zero-order chi connectivity index (χ0) is 53.7. The molecule has 3 atom stereocenters. The third-order valence-electron chi connectivity index (χ3n) is 11.6. The topological polar surface area (TPSA) is 227 Å². The first-order chi connectivity index (χ1) is 36.4. The Hall–Kier alpha value is -7.37. The summed E-state index contributed by atoms with van der Waals surface area (Å²) in [6.45, 7) is 16.8. The van der Waals surface area contributed by atoms with Crippen molar-refractivity contribution < 1.29 is 66.7 Å². The lowest BCUT2D eigenvalue weighted by atomic mass is 10.1. The van der Waals surface area contributed by atoms with Crippen LogP contribution in [0.2, 0.25) is 0 Å². The minimum Gasteiger partial charge on any atom is -0.493 e. The molecule has 402 valence electrons. The van der Waals surface area contributed by atoms with Gasteiger partial charge in [0.1, 0.15) is 32.0 Å². The molecular formula is C52H63N7O14S2. The van der Waals surface area contributed by atoms with E-state index in [-0.39, 0.29) is 105 Å². The van der Waals surface area contributed by atoms with Gasteiger partial charge in [-0.15, -0.1) is 0 Å². The molecule has 4 heterocycles. The second kappa shape index (κ2) is 28.9. The maximum absolute atomic E-state index is 14.5. The second-order valence-corrected chi connectivity index (χ2v) is 19.3. The van der Waals surface area contributed by atoms with Crippen LogP contribution in [-0.4, -0.2) is 161 Å². The van der Waals surface area contributed by atoms with E-state index in [9.17, 15) is 24.0 Å². The van der Waals surface area contributed by atoms with Gasteiger partial charge in [-0.1, -0.05) is 71.6 Å². The molecule has 3 aliphatic heterocycles. The van der Waals surface area contributed by atoms with Crippen molar-refractivity contribution in [2.24, 2.45) is 5.16 Å². The highest BCUT2D eigenvalue weighted by molar-refractivity contribution is 8.76. The van der Waals surface area contributed by atoms with E-state index in [0.717, 1.165) is 16.2 Å². The predicted octanol–water partition coefficient (Wildman–Crippen LogP) is 8.60. The lowest BCUT2D eigenvalue weighted by Gasteiger charge is -2.33. The predicted molar refractivity (Wildman–Crippen MR) is 284 cm³/mol. The van der Waals surface area contributed by atoms with Crippen LogP contribution in [-0.2, 0) is 23.8 Å². The average molecular weight is 1070 g/mol. The van der Waals surface area contributed by atoms with Crippen LogP contribution in [0.1, 0.15) is 52.8 Å². The van der Waals surface area contributed by atoms with Crippen molar-refractivity contribution >= 4 is 69.3 Å². The third kappa shape index (κ3) is 15.8. The van der Waals surface area contributed by atoms with E-state index in [1.54, 1.807) is 16.0 Å². The molecule has 0 aliphatic carbocycles. The highest BCUT2D eigenvalue weighted by atomic mass is 33.1. The number of carbonyl (C=O) groups excluding carboxylic acids is 5. The molecule has 5 amide bonds. The van der Waals surface area contributed by atoms with E-state index in [1.807, 2.05) is 18.2 Å². The lowest BCUT2D eigenvalue weighted by Crippen LogP contribution is -2.50. The number of nitrogens with one attached hydrogen (secondary N) is 2. The zero-order valence-electron chi connectivity index (χ0n) is 42.3. The van der Waals surface area contributed by atoms with Crippen LogP contribution in [0.4, 0.5) is 25.8 Å². The molecule has 75 heavy (non-hydrogen) atoms. The summed E-state index contributed by atoms with van der Waals surface area (Å²) in [5, 5.41) is 10.1. The van der Waals surface area contributed by atoms with Gasteiger partial charge in [0.05, 0.1) is 81.4 Å². The molecule has 3 fully saturated rings. The molecule has 6 rings (SSSR count). The normalized spacial score (nSPS) is 17.1. The van der Waals surface area contributed by atoms with Crippen molar-refractivity contribution in [3.63, 3.8) is 0 Å². The molecule has 2 aromatic carbocycles. The smallest absolute Gasteiger partial charge is 0.412 e. The summed E-state index contributed by atoms with van der Waals surface area (Å²) in [4.78, 5) is 81.5. The molecule has 23 heteroatoms. The number of unbranched alkanes of at least 4 members (excludes halogenated alkanes) is 2. The van der Waals surface area contributed by atoms with Gasteiger partial charge < -0.3 is 52.5 Å². The largest absolute Gasteiger partial charge is 0.493 e. The number of oxime groups is 1.